The molecule has 0 aliphatic rings. The van der Waals surface area contributed by atoms with Crippen molar-refractivity contribution in [3.8, 4) is 0 Å². The maximum absolute atomic E-state index is 12.2. The van der Waals surface area contributed by atoms with Gasteiger partial charge in [-0.05, 0) is 30.0 Å². The minimum absolute atomic E-state index is 0.0493. The Kier molecular flexibility index (Phi) is 4.85. The van der Waals surface area contributed by atoms with Crippen molar-refractivity contribution in [2.75, 3.05) is 0 Å². The van der Waals surface area contributed by atoms with Gasteiger partial charge in [-0.3, -0.25) is 9.00 Å². The van der Waals surface area contributed by atoms with Gasteiger partial charge in [0.1, 0.15) is 5.78 Å². The van der Waals surface area contributed by atoms with Crippen molar-refractivity contribution < 1.29 is 9.00 Å². The highest BCUT2D eigenvalue weighted by molar-refractivity contribution is 7.86. The Bertz CT molecular complexity index is 441. The average molecular weight is 266 g/mol. The molecule has 3 heteroatoms. The summed E-state index contributed by atoms with van der Waals surface area (Å²) < 4.78 is 12.2. The zero-order chi connectivity index (χ0) is 13.9. The van der Waals surface area contributed by atoms with E-state index < -0.39 is 16.0 Å². The molecule has 0 radical (unpaired) electrons. The summed E-state index contributed by atoms with van der Waals surface area (Å²) >= 11 is 0. The van der Waals surface area contributed by atoms with Crippen LogP contribution in [0.5, 0.6) is 0 Å². The summed E-state index contributed by atoms with van der Waals surface area (Å²) in [7, 11) is -1.24. The number of carbonyl (C=O) groups excluding carboxylic acids is 1. The van der Waals surface area contributed by atoms with E-state index in [9.17, 15) is 9.00 Å². The van der Waals surface area contributed by atoms with E-state index in [1.54, 1.807) is 13.8 Å². The summed E-state index contributed by atoms with van der Waals surface area (Å²) in [5.41, 5.74) is 1.29. The van der Waals surface area contributed by atoms with Crippen LogP contribution in [0.25, 0.3) is 0 Å². The van der Waals surface area contributed by atoms with Crippen LogP contribution in [0.2, 0.25) is 0 Å². The Morgan fingerprint density at radius 1 is 1.22 bits per heavy atom. The van der Waals surface area contributed by atoms with Crippen molar-refractivity contribution in [1.82, 2.24) is 0 Å². The summed E-state index contributed by atoms with van der Waals surface area (Å²) in [6, 6.07) is 7.74. The smallest absolute Gasteiger partial charge is 0.148 e. The number of rotatable bonds is 4. The molecule has 0 saturated heterocycles. The highest BCUT2D eigenvalue weighted by Crippen LogP contribution is 2.23. The van der Waals surface area contributed by atoms with Crippen LogP contribution in [0, 0.1) is 0 Å². The summed E-state index contributed by atoms with van der Waals surface area (Å²) in [6.45, 7) is 9.96. The molecule has 2 nitrogen and oxygen atoms in total. The fraction of sp³-hybridized carbons (Fsp3) is 0.533. The largest absolute Gasteiger partial charge is 0.298 e. The lowest BCUT2D eigenvalue weighted by atomic mass is 9.87. The van der Waals surface area contributed by atoms with E-state index in [1.165, 1.54) is 5.56 Å². The quantitative estimate of drug-likeness (QED) is 0.836. The van der Waals surface area contributed by atoms with Crippen LogP contribution < -0.4 is 0 Å². The third-order valence-electron chi connectivity index (χ3n) is 3.08. The van der Waals surface area contributed by atoms with Gasteiger partial charge in [0.2, 0.25) is 0 Å². The van der Waals surface area contributed by atoms with Crippen LogP contribution in [0.3, 0.4) is 0 Å². The van der Waals surface area contributed by atoms with E-state index in [1.807, 2.05) is 24.3 Å². The van der Waals surface area contributed by atoms with Crippen LogP contribution in [0.1, 0.15) is 46.6 Å². The van der Waals surface area contributed by atoms with E-state index in [0.29, 0.717) is 6.42 Å². The van der Waals surface area contributed by atoms with Crippen LogP contribution in [0.4, 0.5) is 0 Å². The molecule has 1 aromatic carbocycles. The fourth-order valence-electron chi connectivity index (χ4n) is 1.70. The SMILES string of the molecule is CCC(=O)C(C)S(=O)c1ccc(C(C)(C)C)cc1. The van der Waals surface area contributed by atoms with Crippen LogP contribution in [-0.4, -0.2) is 15.2 Å². The number of ketones is 1. The summed E-state index contributed by atoms with van der Waals surface area (Å²) in [5, 5.41) is -0.421. The molecule has 18 heavy (non-hydrogen) atoms. The summed E-state index contributed by atoms with van der Waals surface area (Å²) in [6.07, 6.45) is 0.437. The van der Waals surface area contributed by atoms with Crippen molar-refractivity contribution in [3.05, 3.63) is 29.8 Å². The number of Topliss-reactive ketones (excluding diaryl/α,β-unsaturated/α-hetero) is 1. The molecule has 0 N–H and O–H groups in total. The summed E-state index contributed by atoms with van der Waals surface area (Å²) in [5.74, 6) is 0.0493. The highest BCUT2D eigenvalue weighted by atomic mass is 32.2. The second-order valence-electron chi connectivity index (χ2n) is 5.53. The molecular weight excluding hydrogens is 244 g/mol. The lowest BCUT2D eigenvalue weighted by molar-refractivity contribution is -0.118. The van der Waals surface area contributed by atoms with E-state index in [4.69, 9.17) is 0 Å². The summed E-state index contributed by atoms with van der Waals surface area (Å²) in [4.78, 5) is 12.3. The maximum Gasteiger partial charge on any atom is 0.148 e. The maximum atomic E-state index is 12.2. The van der Waals surface area contributed by atoms with Gasteiger partial charge in [-0.2, -0.15) is 0 Å². The normalized spacial score (nSPS) is 15.2. The molecule has 100 valence electrons. The van der Waals surface area contributed by atoms with Crippen molar-refractivity contribution in [2.24, 2.45) is 0 Å². The number of benzene rings is 1. The van der Waals surface area contributed by atoms with E-state index >= 15 is 0 Å². The molecule has 0 aliphatic carbocycles. The second kappa shape index (κ2) is 5.79. The first kappa shape index (κ1) is 15.1. The molecule has 0 fully saturated rings. The topological polar surface area (TPSA) is 34.1 Å². The average Bonchev–Trinajstić information content (AvgIpc) is 2.35. The van der Waals surface area contributed by atoms with Gasteiger partial charge in [-0.1, -0.05) is 39.8 Å². The van der Waals surface area contributed by atoms with Crippen LogP contribution in [0.15, 0.2) is 29.2 Å². The van der Waals surface area contributed by atoms with E-state index in [-0.39, 0.29) is 11.2 Å². The number of carbonyl (C=O) groups is 1. The first-order valence-corrected chi connectivity index (χ1v) is 7.52. The molecule has 2 unspecified atom stereocenters. The van der Waals surface area contributed by atoms with Gasteiger partial charge in [0, 0.05) is 11.3 Å². The lowest BCUT2D eigenvalue weighted by Gasteiger charge is -2.19. The van der Waals surface area contributed by atoms with Crippen molar-refractivity contribution in [1.29, 1.82) is 0 Å². The van der Waals surface area contributed by atoms with E-state index in [2.05, 4.69) is 20.8 Å². The van der Waals surface area contributed by atoms with E-state index in [0.717, 1.165) is 4.90 Å². The zero-order valence-corrected chi connectivity index (χ0v) is 12.6. The van der Waals surface area contributed by atoms with Crippen LogP contribution in [-0.2, 0) is 21.0 Å². The minimum atomic E-state index is -1.24. The van der Waals surface area contributed by atoms with Gasteiger partial charge in [0.15, 0.2) is 0 Å². The Hall–Kier alpha value is -0.960. The molecule has 1 aromatic rings. The predicted octanol–water partition coefficient (Wildman–Crippen LogP) is 3.46. The van der Waals surface area contributed by atoms with Gasteiger partial charge < -0.3 is 0 Å². The highest BCUT2D eigenvalue weighted by Gasteiger charge is 2.20. The predicted molar refractivity (Wildman–Crippen MR) is 76.3 cm³/mol. The molecule has 0 amide bonds. The van der Waals surface area contributed by atoms with Crippen molar-refractivity contribution >= 4 is 16.6 Å². The lowest BCUT2D eigenvalue weighted by Crippen LogP contribution is -2.21. The molecule has 0 aliphatic heterocycles. The number of hydrogen-bond acceptors (Lipinski definition) is 2. The molecule has 0 spiro atoms. The first-order valence-electron chi connectivity index (χ1n) is 6.31. The standard InChI is InChI=1S/C15H22O2S/c1-6-14(16)11(2)18(17)13-9-7-12(8-10-13)15(3,4)5/h7-11H,6H2,1-5H3. The minimum Gasteiger partial charge on any atom is -0.298 e. The molecule has 2 atom stereocenters. The Labute approximate surface area is 112 Å². The Balaban J connectivity index is 2.92. The van der Waals surface area contributed by atoms with Gasteiger partial charge in [0.05, 0.1) is 16.0 Å². The van der Waals surface area contributed by atoms with Crippen LogP contribution >= 0.6 is 0 Å². The second-order valence-corrected chi connectivity index (χ2v) is 7.31. The van der Waals surface area contributed by atoms with Crippen molar-refractivity contribution in [3.63, 3.8) is 0 Å². The third kappa shape index (κ3) is 3.52. The number of hydrogen-bond donors (Lipinski definition) is 0. The Morgan fingerprint density at radius 2 is 1.72 bits per heavy atom. The molecule has 0 heterocycles. The Morgan fingerprint density at radius 3 is 2.11 bits per heavy atom. The first-order chi connectivity index (χ1) is 8.27. The molecule has 0 bridgehead atoms. The molecule has 0 saturated carbocycles. The monoisotopic (exact) mass is 266 g/mol. The molecule has 1 rings (SSSR count). The van der Waals surface area contributed by atoms with Gasteiger partial charge in [0.25, 0.3) is 0 Å². The van der Waals surface area contributed by atoms with Gasteiger partial charge in [-0.15, -0.1) is 0 Å². The third-order valence-corrected chi connectivity index (χ3v) is 4.72. The zero-order valence-electron chi connectivity index (χ0n) is 11.8. The van der Waals surface area contributed by atoms with Crippen molar-refractivity contribution in [2.45, 2.75) is 56.6 Å². The van der Waals surface area contributed by atoms with Gasteiger partial charge in [-0.25, -0.2) is 0 Å². The fourth-order valence-corrected chi connectivity index (χ4v) is 2.92. The molecular formula is C15H22O2S. The van der Waals surface area contributed by atoms with Gasteiger partial charge >= 0.3 is 0 Å². The molecule has 0 aromatic heterocycles.